The molecule has 3 N–H and O–H groups in total. The third kappa shape index (κ3) is 5.54. The first-order valence-electron chi connectivity index (χ1n) is 5.91. The normalized spacial score (nSPS) is 11.5. The van der Waals surface area contributed by atoms with Crippen molar-refractivity contribution in [3.05, 3.63) is 24.0 Å². The molecular formula is C12H19N3O4. The summed E-state index contributed by atoms with van der Waals surface area (Å²) in [6.07, 6.45) is 3.81. The Kier molecular flexibility index (Phi) is 7.30. The van der Waals surface area contributed by atoms with Crippen LogP contribution in [0.3, 0.4) is 0 Å². The predicted molar refractivity (Wildman–Crippen MR) is 69.6 cm³/mol. The Bertz CT molecular complexity index is 398. The zero-order valence-electron chi connectivity index (χ0n) is 10.9. The number of hydrogen-bond donors (Lipinski definition) is 2. The first-order chi connectivity index (χ1) is 9.29. The largest absolute Gasteiger partial charge is 0.491 e. The molecule has 1 aromatic heterocycles. The van der Waals surface area contributed by atoms with Crippen LogP contribution < -0.4 is 10.5 Å². The fourth-order valence-electron chi connectivity index (χ4n) is 1.35. The molecule has 19 heavy (non-hydrogen) atoms. The fraction of sp³-hybridized carbons (Fsp3) is 0.500. The number of hydrogen-bond acceptors (Lipinski definition) is 6. The van der Waals surface area contributed by atoms with Gasteiger partial charge < -0.3 is 25.2 Å². The summed E-state index contributed by atoms with van der Waals surface area (Å²) in [5, 5.41) is 11.6. The van der Waals surface area contributed by atoms with Crippen molar-refractivity contribution in [2.24, 2.45) is 10.9 Å². The molecule has 1 heterocycles. The Morgan fingerprint density at radius 2 is 2.21 bits per heavy atom. The second-order valence-electron chi connectivity index (χ2n) is 3.66. The molecule has 0 unspecified atom stereocenters. The Morgan fingerprint density at radius 3 is 2.95 bits per heavy atom. The van der Waals surface area contributed by atoms with Gasteiger partial charge in [0.1, 0.15) is 5.75 Å². The lowest BCUT2D eigenvalue weighted by molar-refractivity contribution is 0.0644. The number of nitrogens with zero attached hydrogens (tertiary/aromatic N) is 2. The molecule has 0 amide bonds. The average Bonchev–Trinajstić information content (AvgIpc) is 2.46. The Labute approximate surface area is 112 Å². The maximum absolute atomic E-state index is 8.66. The van der Waals surface area contributed by atoms with Gasteiger partial charge in [0.25, 0.3) is 0 Å². The van der Waals surface area contributed by atoms with Gasteiger partial charge >= 0.3 is 0 Å². The summed E-state index contributed by atoms with van der Waals surface area (Å²) < 4.78 is 15.7. The van der Waals surface area contributed by atoms with E-state index in [4.69, 9.17) is 25.2 Å². The third-order valence-electron chi connectivity index (χ3n) is 2.29. The number of ether oxygens (including phenoxy) is 3. The Balaban J connectivity index is 2.33. The highest BCUT2D eigenvalue weighted by Gasteiger charge is 2.07. The van der Waals surface area contributed by atoms with Crippen molar-refractivity contribution in [3.8, 4) is 5.75 Å². The van der Waals surface area contributed by atoms with E-state index in [0.717, 1.165) is 6.42 Å². The molecule has 0 radical (unpaired) electrons. The molecule has 0 bridgehead atoms. The van der Waals surface area contributed by atoms with Gasteiger partial charge in [-0.25, -0.2) is 0 Å². The maximum Gasteiger partial charge on any atom is 0.173 e. The van der Waals surface area contributed by atoms with E-state index in [2.05, 4.69) is 10.1 Å². The van der Waals surface area contributed by atoms with Crippen molar-refractivity contribution in [1.82, 2.24) is 4.98 Å². The van der Waals surface area contributed by atoms with E-state index in [-0.39, 0.29) is 5.84 Å². The number of methoxy groups -OCH3 is 1. The molecule has 0 aliphatic carbocycles. The van der Waals surface area contributed by atoms with Crippen LogP contribution in [0.1, 0.15) is 12.0 Å². The van der Waals surface area contributed by atoms with Crippen LogP contribution in [-0.2, 0) is 9.47 Å². The number of aromatic nitrogens is 1. The van der Waals surface area contributed by atoms with E-state index in [1.54, 1.807) is 19.4 Å². The van der Waals surface area contributed by atoms with Crippen LogP contribution in [0, 0.1) is 0 Å². The van der Waals surface area contributed by atoms with Crippen LogP contribution in [0.2, 0.25) is 0 Å². The topological polar surface area (TPSA) is 99.2 Å². The molecule has 0 aromatic carbocycles. The number of amidine groups is 1. The maximum atomic E-state index is 8.66. The molecule has 0 aliphatic rings. The Hall–Kier alpha value is -1.86. The monoisotopic (exact) mass is 269 g/mol. The van der Waals surface area contributed by atoms with Crippen molar-refractivity contribution in [2.75, 3.05) is 33.5 Å². The standard InChI is InChI=1S/C12H19N3O4/c1-17-7-8-18-5-2-6-19-11-9-14-4-3-10(11)12(13)15-16/h3-4,9,16H,2,5-8H2,1H3,(H2,13,15). The molecule has 0 fully saturated rings. The predicted octanol–water partition coefficient (Wildman–Crippen LogP) is 0.608. The summed E-state index contributed by atoms with van der Waals surface area (Å²) in [5.41, 5.74) is 6.05. The van der Waals surface area contributed by atoms with Gasteiger partial charge in [-0.15, -0.1) is 0 Å². The number of pyridine rings is 1. The zero-order chi connectivity index (χ0) is 13.9. The molecule has 106 valence electrons. The van der Waals surface area contributed by atoms with Gasteiger partial charge in [0.05, 0.1) is 31.6 Å². The SMILES string of the molecule is COCCOCCCOc1cnccc1/C(N)=N/O. The number of rotatable bonds is 9. The van der Waals surface area contributed by atoms with E-state index in [0.29, 0.717) is 37.7 Å². The van der Waals surface area contributed by atoms with E-state index >= 15 is 0 Å². The highest BCUT2D eigenvalue weighted by Crippen LogP contribution is 2.16. The first-order valence-corrected chi connectivity index (χ1v) is 5.91. The summed E-state index contributed by atoms with van der Waals surface area (Å²) in [4.78, 5) is 3.94. The lowest BCUT2D eigenvalue weighted by atomic mass is 10.2. The second-order valence-corrected chi connectivity index (χ2v) is 3.66. The van der Waals surface area contributed by atoms with Crippen molar-refractivity contribution < 1.29 is 19.4 Å². The number of nitrogens with two attached hydrogens (primary N) is 1. The van der Waals surface area contributed by atoms with Crippen molar-refractivity contribution in [2.45, 2.75) is 6.42 Å². The van der Waals surface area contributed by atoms with Gasteiger partial charge in [0.2, 0.25) is 0 Å². The zero-order valence-corrected chi connectivity index (χ0v) is 10.9. The van der Waals surface area contributed by atoms with E-state index < -0.39 is 0 Å². The van der Waals surface area contributed by atoms with E-state index in [9.17, 15) is 0 Å². The molecule has 0 atom stereocenters. The van der Waals surface area contributed by atoms with Crippen LogP contribution in [0.5, 0.6) is 5.75 Å². The quantitative estimate of drug-likeness (QED) is 0.224. The lowest BCUT2D eigenvalue weighted by Crippen LogP contribution is -2.15. The molecule has 1 rings (SSSR count). The van der Waals surface area contributed by atoms with Crippen LogP contribution in [-0.4, -0.2) is 49.6 Å². The van der Waals surface area contributed by atoms with Crippen LogP contribution in [0.4, 0.5) is 0 Å². The summed E-state index contributed by atoms with van der Waals surface area (Å²) >= 11 is 0. The fourth-order valence-corrected chi connectivity index (χ4v) is 1.35. The average molecular weight is 269 g/mol. The molecular weight excluding hydrogens is 250 g/mol. The highest BCUT2D eigenvalue weighted by molar-refractivity contribution is 5.99. The Morgan fingerprint density at radius 1 is 1.37 bits per heavy atom. The van der Waals surface area contributed by atoms with Crippen LogP contribution >= 0.6 is 0 Å². The summed E-state index contributed by atoms with van der Waals surface area (Å²) in [6.45, 7) is 2.20. The second kappa shape index (κ2) is 9.12. The molecule has 0 aliphatic heterocycles. The minimum absolute atomic E-state index is 0.00579. The van der Waals surface area contributed by atoms with E-state index in [1.165, 1.54) is 6.20 Å². The van der Waals surface area contributed by atoms with Crippen LogP contribution in [0.15, 0.2) is 23.6 Å². The summed E-state index contributed by atoms with van der Waals surface area (Å²) in [7, 11) is 1.63. The first kappa shape index (κ1) is 15.2. The van der Waals surface area contributed by atoms with Gasteiger partial charge in [-0.05, 0) is 6.07 Å². The number of oxime groups is 1. The molecule has 0 saturated carbocycles. The van der Waals surface area contributed by atoms with Crippen LogP contribution in [0.25, 0.3) is 0 Å². The minimum atomic E-state index is -0.00579. The summed E-state index contributed by atoms with van der Waals surface area (Å²) in [5.74, 6) is 0.475. The molecule has 1 aromatic rings. The third-order valence-corrected chi connectivity index (χ3v) is 2.29. The molecule has 0 saturated heterocycles. The smallest absolute Gasteiger partial charge is 0.173 e. The van der Waals surface area contributed by atoms with Gasteiger partial charge in [-0.3, -0.25) is 4.98 Å². The highest BCUT2D eigenvalue weighted by atomic mass is 16.5. The van der Waals surface area contributed by atoms with Gasteiger partial charge in [0, 0.05) is 26.3 Å². The minimum Gasteiger partial charge on any atom is -0.491 e. The van der Waals surface area contributed by atoms with Gasteiger partial charge in [-0.2, -0.15) is 0 Å². The van der Waals surface area contributed by atoms with Gasteiger partial charge in [-0.1, -0.05) is 5.16 Å². The van der Waals surface area contributed by atoms with Crippen molar-refractivity contribution >= 4 is 5.84 Å². The van der Waals surface area contributed by atoms with Crippen molar-refractivity contribution in [3.63, 3.8) is 0 Å². The summed E-state index contributed by atoms with van der Waals surface area (Å²) in [6, 6.07) is 1.62. The molecule has 0 spiro atoms. The lowest BCUT2D eigenvalue weighted by Gasteiger charge is -2.10. The van der Waals surface area contributed by atoms with E-state index in [1.807, 2.05) is 0 Å². The van der Waals surface area contributed by atoms with Crippen molar-refractivity contribution in [1.29, 1.82) is 0 Å². The molecule has 7 nitrogen and oxygen atoms in total. The molecule has 7 heteroatoms. The van der Waals surface area contributed by atoms with Gasteiger partial charge in [0.15, 0.2) is 5.84 Å².